The van der Waals surface area contributed by atoms with Crippen molar-refractivity contribution in [2.75, 3.05) is 19.0 Å². The van der Waals surface area contributed by atoms with E-state index in [1.807, 2.05) is 24.3 Å². The van der Waals surface area contributed by atoms with Crippen molar-refractivity contribution in [3.63, 3.8) is 0 Å². The van der Waals surface area contributed by atoms with E-state index in [-0.39, 0.29) is 36.3 Å². The van der Waals surface area contributed by atoms with Gasteiger partial charge in [0, 0.05) is 78.3 Å². The molecule has 1 aliphatic heterocycles. The number of pyridine rings is 2. The van der Waals surface area contributed by atoms with Gasteiger partial charge in [0.25, 0.3) is 0 Å². The van der Waals surface area contributed by atoms with Gasteiger partial charge in [-0.1, -0.05) is 47.5 Å². The van der Waals surface area contributed by atoms with Gasteiger partial charge < -0.3 is 31.1 Å². The molecule has 0 spiro atoms. The zero-order valence-electron chi connectivity index (χ0n) is 27.6. The topological polar surface area (TPSA) is 138 Å². The van der Waals surface area contributed by atoms with Gasteiger partial charge >= 0.3 is 5.97 Å². The number of ether oxygens (including phenoxy) is 1. The Kier molecular flexibility index (Phi) is 11.5. The number of anilines is 2. The molecule has 13 heteroatoms. The van der Waals surface area contributed by atoms with E-state index in [0.717, 1.165) is 30.4 Å². The lowest BCUT2D eigenvalue weighted by molar-refractivity contribution is -0.142. The molecule has 6 rings (SSSR count). The van der Waals surface area contributed by atoms with Crippen LogP contribution >= 0.6 is 23.2 Å². The highest BCUT2D eigenvalue weighted by Crippen LogP contribution is 2.42. The van der Waals surface area contributed by atoms with Crippen LogP contribution in [0.5, 0.6) is 5.75 Å². The van der Waals surface area contributed by atoms with Crippen LogP contribution in [0.25, 0.3) is 22.4 Å². The average Bonchev–Trinajstić information content (AvgIpc) is 3.54. The number of carbonyl (C=O) groups excluding carboxylic acids is 1. The smallest absolute Gasteiger partial charge is 0.306 e. The van der Waals surface area contributed by atoms with Crippen LogP contribution in [0.15, 0.2) is 60.9 Å². The van der Waals surface area contributed by atoms with Crippen LogP contribution in [-0.2, 0) is 22.7 Å². The number of amides is 1. The maximum absolute atomic E-state index is 15.6. The van der Waals surface area contributed by atoms with Crippen LogP contribution in [0.3, 0.4) is 0 Å². The molecule has 5 N–H and O–H groups in total. The fourth-order valence-electron chi connectivity index (χ4n) is 6.57. The summed E-state index contributed by atoms with van der Waals surface area (Å²) in [7, 11) is 1.61. The summed E-state index contributed by atoms with van der Waals surface area (Å²) in [5.41, 5.74) is 4.45. The van der Waals surface area contributed by atoms with Gasteiger partial charge in [-0.15, -0.1) is 0 Å². The largest absolute Gasteiger partial charge is 0.496 e. The van der Waals surface area contributed by atoms with E-state index in [9.17, 15) is 14.7 Å². The van der Waals surface area contributed by atoms with Crippen LogP contribution < -0.4 is 26.0 Å². The van der Waals surface area contributed by atoms with E-state index in [2.05, 4.69) is 31.2 Å². The molecular weight excluding hydrogens is 682 g/mol. The Morgan fingerprint density at radius 3 is 2.50 bits per heavy atom. The molecule has 4 aromatic rings. The molecule has 0 unspecified atom stereocenters. The Bertz CT molecular complexity index is 1870. The predicted molar refractivity (Wildman–Crippen MR) is 192 cm³/mol. The van der Waals surface area contributed by atoms with Crippen LogP contribution in [0.1, 0.15) is 49.7 Å². The number of benzene rings is 2. The van der Waals surface area contributed by atoms with E-state index in [1.165, 1.54) is 6.20 Å². The number of rotatable bonds is 13. The van der Waals surface area contributed by atoms with Crippen molar-refractivity contribution in [2.45, 2.75) is 63.7 Å². The number of carboxylic acids is 1. The number of methoxy groups -OCH3 is 1. The molecular formula is C37H39Cl2FN6O4. The number of carbonyl (C=O) groups is 2. The van der Waals surface area contributed by atoms with Gasteiger partial charge in [0.05, 0.1) is 34.5 Å². The number of hydrogen-bond donors (Lipinski definition) is 5. The minimum Gasteiger partial charge on any atom is -0.496 e. The minimum absolute atomic E-state index is 0.0362. The summed E-state index contributed by atoms with van der Waals surface area (Å²) in [5, 5.41) is 22.8. The predicted octanol–water partition coefficient (Wildman–Crippen LogP) is 7.11. The normalized spacial score (nSPS) is 18.9. The Hall–Kier alpha value is -4.29. The monoisotopic (exact) mass is 720 g/mol. The third-order valence-corrected chi connectivity index (χ3v) is 10.2. The summed E-state index contributed by atoms with van der Waals surface area (Å²) in [6, 6.07) is 14.8. The van der Waals surface area contributed by atoms with Crippen molar-refractivity contribution in [1.82, 2.24) is 25.9 Å². The second kappa shape index (κ2) is 16.2. The highest BCUT2D eigenvalue weighted by molar-refractivity contribution is 6.39. The Morgan fingerprint density at radius 2 is 1.76 bits per heavy atom. The van der Waals surface area contributed by atoms with Gasteiger partial charge in [0.1, 0.15) is 5.75 Å². The first kappa shape index (κ1) is 35.5. The zero-order chi connectivity index (χ0) is 35.2. The fraction of sp³-hybridized carbons (Fsp3) is 0.351. The quantitative estimate of drug-likeness (QED) is 0.0979. The second-order valence-electron chi connectivity index (χ2n) is 12.7. The zero-order valence-corrected chi connectivity index (χ0v) is 29.1. The third kappa shape index (κ3) is 8.18. The van der Waals surface area contributed by atoms with Crippen molar-refractivity contribution < 1.29 is 23.8 Å². The average molecular weight is 722 g/mol. The third-order valence-electron chi connectivity index (χ3n) is 9.41. The summed E-state index contributed by atoms with van der Waals surface area (Å²) < 4.78 is 21.3. The number of nitrogens with one attached hydrogen (secondary N) is 4. The lowest BCUT2D eigenvalue weighted by Crippen LogP contribution is -2.35. The number of carboxylic acid groups (broad SMARTS) is 1. The summed E-state index contributed by atoms with van der Waals surface area (Å²) in [4.78, 5) is 31.6. The first-order chi connectivity index (χ1) is 24.2. The Morgan fingerprint density at radius 1 is 0.980 bits per heavy atom. The Labute approximate surface area is 300 Å². The number of nitrogens with zero attached hydrogens (tertiary/aromatic N) is 2. The molecule has 1 atom stereocenters. The lowest BCUT2D eigenvalue weighted by Gasteiger charge is -2.27. The molecule has 10 nitrogen and oxygen atoms in total. The fourth-order valence-corrected chi connectivity index (χ4v) is 7.17. The summed E-state index contributed by atoms with van der Waals surface area (Å²) in [6.07, 6.45) is 7.27. The van der Waals surface area contributed by atoms with Gasteiger partial charge in [-0.2, -0.15) is 0 Å². The standard InChI is InChI=1S/C37H39Cl2FN6O4/c1-50-30-17-22(5-6-23(30)18-41-20-26-11-12-31(47)45-26)35-33(39)28(14-16-42-35)27-3-2-4-29(32(27)38)46-36-34(40)24(13-15-43-36)19-44-25-9-7-21(8-10-25)37(48)49/h2-6,13-17,21,25-26,41,44H,7-12,18-20H2,1H3,(H,43,46)(H,45,47)(H,48,49)/t21?,25?,26-/m0/s1. The van der Waals surface area contributed by atoms with E-state index < -0.39 is 11.8 Å². The molecule has 2 fully saturated rings. The Balaban J connectivity index is 1.16. The maximum Gasteiger partial charge on any atom is 0.306 e. The summed E-state index contributed by atoms with van der Waals surface area (Å²) in [6.45, 7) is 1.53. The molecule has 0 radical (unpaired) electrons. The molecule has 1 amide bonds. The first-order valence-electron chi connectivity index (χ1n) is 16.7. The van der Waals surface area contributed by atoms with Crippen LogP contribution in [0.2, 0.25) is 10.0 Å². The molecule has 1 saturated carbocycles. The summed E-state index contributed by atoms with van der Waals surface area (Å²) in [5.74, 6) is -0.756. The van der Waals surface area contributed by atoms with Crippen molar-refractivity contribution in [2.24, 2.45) is 5.92 Å². The molecule has 3 heterocycles. The SMILES string of the molecule is COc1cc(-c2nccc(-c3cccc(Nc4nccc(CNC5CCC(C(=O)O)CC5)c4F)c3Cl)c2Cl)ccc1CNC[C@@H]1CCC(=O)N1. The first-order valence-corrected chi connectivity index (χ1v) is 17.4. The van der Waals surface area contributed by atoms with Crippen molar-refractivity contribution in [3.05, 3.63) is 87.9 Å². The van der Waals surface area contributed by atoms with Crippen LogP contribution in [0, 0.1) is 11.7 Å². The van der Waals surface area contributed by atoms with Gasteiger partial charge in [0.2, 0.25) is 5.91 Å². The molecule has 262 valence electrons. The molecule has 2 aliphatic rings. The molecule has 1 saturated heterocycles. The number of halogens is 3. The molecule has 2 aromatic heterocycles. The molecule has 2 aromatic carbocycles. The van der Waals surface area contributed by atoms with Crippen LogP contribution in [-0.4, -0.2) is 52.7 Å². The van der Waals surface area contributed by atoms with Crippen molar-refractivity contribution in [1.29, 1.82) is 0 Å². The number of hydrogen-bond acceptors (Lipinski definition) is 8. The van der Waals surface area contributed by atoms with Crippen molar-refractivity contribution in [3.8, 4) is 28.1 Å². The second-order valence-corrected chi connectivity index (χ2v) is 13.4. The number of aliphatic carboxylic acids is 1. The van der Waals surface area contributed by atoms with E-state index in [4.69, 9.17) is 27.9 Å². The number of aromatic nitrogens is 2. The maximum atomic E-state index is 15.6. The van der Waals surface area contributed by atoms with Gasteiger partial charge in [-0.25, -0.2) is 9.37 Å². The van der Waals surface area contributed by atoms with E-state index in [0.29, 0.717) is 76.2 Å². The van der Waals surface area contributed by atoms with E-state index in [1.54, 1.807) is 37.6 Å². The minimum atomic E-state index is -0.752. The highest BCUT2D eigenvalue weighted by atomic mass is 35.5. The van der Waals surface area contributed by atoms with Crippen molar-refractivity contribution >= 4 is 46.6 Å². The molecule has 1 aliphatic carbocycles. The van der Waals surface area contributed by atoms with Crippen LogP contribution in [0.4, 0.5) is 15.9 Å². The summed E-state index contributed by atoms with van der Waals surface area (Å²) >= 11 is 13.9. The van der Waals surface area contributed by atoms with E-state index >= 15 is 4.39 Å². The highest BCUT2D eigenvalue weighted by Gasteiger charge is 2.26. The van der Waals surface area contributed by atoms with Gasteiger partial charge in [0.15, 0.2) is 11.6 Å². The van der Waals surface area contributed by atoms with Gasteiger partial charge in [-0.05, 0) is 56.4 Å². The molecule has 50 heavy (non-hydrogen) atoms. The molecule has 0 bridgehead atoms. The lowest BCUT2D eigenvalue weighted by atomic mass is 9.86. The van der Waals surface area contributed by atoms with Gasteiger partial charge in [-0.3, -0.25) is 14.6 Å².